The summed E-state index contributed by atoms with van der Waals surface area (Å²) in [4.78, 5) is 12.1. The van der Waals surface area contributed by atoms with Crippen LogP contribution in [0.3, 0.4) is 0 Å². The van der Waals surface area contributed by atoms with Gasteiger partial charge in [0.05, 0.1) is 18.4 Å². The molecule has 0 saturated carbocycles. The van der Waals surface area contributed by atoms with Gasteiger partial charge < -0.3 is 20.2 Å². The lowest BCUT2D eigenvalue weighted by atomic mass is 10.2. The molecule has 2 aromatic rings. The highest BCUT2D eigenvalue weighted by Crippen LogP contribution is 2.18. The van der Waals surface area contributed by atoms with E-state index in [9.17, 15) is 0 Å². The molecule has 2 rings (SSSR count). The molecule has 0 radical (unpaired) electrons. The number of hydrogen-bond donors (Lipinski definition) is 2. The third kappa shape index (κ3) is 3.57. The summed E-state index contributed by atoms with van der Waals surface area (Å²) >= 11 is 0. The van der Waals surface area contributed by atoms with Gasteiger partial charge in [0.15, 0.2) is 0 Å². The van der Waals surface area contributed by atoms with E-state index in [1.807, 2.05) is 32.9 Å². The molecule has 0 aromatic carbocycles. The molecule has 7 heteroatoms. The second-order valence-corrected chi connectivity index (χ2v) is 4.35. The van der Waals surface area contributed by atoms with Crippen LogP contribution in [-0.4, -0.2) is 21.1 Å². The van der Waals surface area contributed by atoms with Crippen LogP contribution in [-0.2, 0) is 0 Å². The molecule has 0 saturated heterocycles. The van der Waals surface area contributed by atoms with E-state index in [0.29, 0.717) is 5.95 Å². The zero-order valence-corrected chi connectivity index (χ0v) is 11.1. The Bertz CT molecular complexity index is 527. The van der Waals surface area contributed by atoms with Crippen LogP contribution >= 0.6 is 0 Å². The van der Waals surface area contributed by atoms with Gasteiger partial charge in [-0.3, -0.25) is 0 Å². The van der Waals surface area contributed by atoms with Crippen LogP contribution in [0.2, 0.25) is 0 Å². The van der Waals surface area contributed by atoms with E-state index in [4.69, 9.17) is 14.9 Å². The Hall–Kier alpha value is -2.31. The molecule has 102 valence electrons. The topological polar surface area (TPSA) is 99.1 Å². The predicted molar refractivity (Wildman–Crippen MR) is 70.7 cm³/mol. The second kappa shape index (κ2) is 5.55. The molecule has 7 nitrogen and oxygen atoms in total. The first-order valence-corrected chi connectivity index (χ1v) is 6.02. The monoisotopic (exact) mass is 263 g/mol. The number of nitrogens with zero attached hydrogens (tertiary/aromatic N) is 3. The number of aromatic nitrogens is 3. The quantitative estimate of drug-likeness (QED) is 0.851. The van der Waals surface area contributed by atoms with E-state index in [1.54, 1.807) is 6.26 Å². The van der Waals surface area contributed by atoms with Gasteiger partial charge in [0.2, 0.25) is 11.9 Å². The first-order chi connectivity index (χ1) is 9.04. The molecule has 0 amide bonds. The van der Waals surface area contributed by atoms with Crippen molar-refractivity contribution >= 4 is 11.9 Å². The molecular weight excluding hydrogens is 246 g/mol. The molecule has 2 aromatic heterocycles. The number of anilines is 2. The van der Waals surface area contributed by atoms with Crippen molar-refractivity contribution in [1.29, 1.82) is 0 Å². The number of furan rings is 1. The lowest BCUT2D eigenvalue weighted by molar-refractivity contribution is 0.222. The fourth-order valence-electron chi connectivity index (χ4n) is 1.50. The molecule has 0 aliphatic rings. The summed E-state index contributed by atoms with van der Waals surface area (Å²) < 4.78 is 10.7. The number of nitrogens with one attached hydrogen (secondary N) is 1. The average Bonchev–Trinajstić information content (AvgIpc) is 2.79. The minimum absolute atomic E-state index is 0.0304. The molecular formula is C12H17N5O2. The minimum atomic E-state index is -0.0799. The summed E-state index contributed by atoms with van der Waals surface area (Å²) in [5, 5.41) is 3.08. The maximum atomic E-state index is 5.62. The summed E-state index contributed by atoms with van der Waals surface area (Å²) in [6, 6.07) is 3.82. The zero-order chi connectivity index (χ0) is 13.8. The fraction of sp³-hybridized carbons (Fsp3) is 0.417. The number of hydrogen-bond acceptors (Lipinski definition) is 7. The summed E-state index contributed by atoms with van der Waals surface area (Å²) in [6.07, 6.45) is 1.58. The predicted octanol–water partition coefficient (Wildman–Crippen LogP) is 2.01. The Labute approximate surface area is 111 Å². The number of nitrogen functional groups attached to an aromatic ring is 1. The smallest absolute Gasteiger partial charge is 0.323 e. The van der Waals surface area contributed by atoms with Crippen molar-refractivity contribution in [2.75, 3.05) is 11.1 Å². The second-order valence-electron chi connectivity index (χ2n) is 4.35. The number of nitrogens with two attached hydrogens (primary N) is 1. The standard InChI is InChI=1S/C12H17N5O2/c1-7(2)19-12-16-10(13)15-11(17-12)14-8(3)9-5-4-6-18-9/h4-8H,1-3H3,(H3,13,14,15,16,17). The Morgan fingerprint density at radius 3 is 2.68 bits per heavy atom. The molecule has 0 bridgehead atoms. The van der Waals surface area contributed by atoms with E-state index in [1.165, 1.54) is 0 Å². The Morgan fingerprint density at radius 2 is 2.05 bits per heavy atom. The Balaban J connectivity index is 2.13. The first-order valence-electron chi connectivity index (χ1n) is 6.02. The Morgan fingerprint density at radius 1 is 1.26 bits per heavy atom. The van der Waals surface area contributed by atoms with Crippen LogP contribution in [0.4, 0.5) is 11.9 Å². The molecule has 2 heterocycles. The molecule has 0 fully saturated rings. The number of rotatable bonds is 5. The maximum Gasteiger partial charge on any atom is 0.323 e. The SMILES string of the molecule is CC(C)Oc1nc(N)nc(NC(C)c2ccco2)n1. The largest absolute Gasteiger partial charge is 0.467 e. The third-order valence-corrected chi connectivity index (χ3v) is 2.29. The van der Waals surface area contributed by atoms with Gasteiger partial charge >= 0.3 is 6.01 Å². The van der Waals surface area contributed by atoms with Crippen molar-refractivity contribution in [3.8, 4) is 6.01 Å². The van der Waals surface area contributed by atoms with Crippen LogP contribution < -0.4 is 15.8 Å². The summed E-state index contributed by atoms with van der Waals surface area (Å²) in [5.41, 5.74) is 5.62. The summed E-state index contributed by atoms with van der Waals surface area (Å²) in [6.45, 7) is 5.71. The highest BCUT2D eigenvalue weighted by atomic mass is 16.5. The normalized spacial score (nSPS) is 12.4. The van der Waals surface area contributed by atoms with E-state index in [2.05, 4.69) is 20.3 Å². The van der Waals surface area contributed by atoms with Gasteiger partial charge in [-0.2, -0.15) is 15.0 Å². The lowest BCUT2D eigenvalue weighted by Crippen LogP contribution is -2.14. The molecule has 19 heavy (non-hydrogen) atoms. The van der Waals surface area contributed by atoms with Crippen LogP contribution in [0.25, 0.3) is 0 Å². The fourth-order valence-corrected chi connectivity index (χ4v) is 1.50. The molecule has 1 unspecified atom stereocenters. The van der Waals surface area contributed by atoms with Crippen molar-refractivity contribution in [3.05, 3.63) is 24.2 Å². The van der Waals surface area contributed by atoms with Crippen molar-refractivity contribution in [1.82, 2.24) is 15.0 Å². The summed E-state index contributed by atoms with van der Waals surface area (Å²) in [5.74, 6) is 1.25. The van der Waals surface area contributed by atoms with E-state index in [-0.39, 0.29) is 24.1 Å². The zero-order valence-electron chi connectivity index (χ0n) is 11.1. The lowest BCUT2D eigenvalue weighted by Gasteiger charge is -2.13. The van der Waals surface area contributed by atoms with Gasteiger partial charge in [-0.25, -0.2) is 0 Å². The van der Waals surface area contributed by atoms with Gasteiger partial charge in [-0.15, -0.1) is 0 Å². The van der Waals surface area contributed by atoms with Gasteiger partial charge in [0.1, 0.15) is 5.76 Å². The van der Waals surface area contributed by atoms with Crippen molar-refractivity contribution in [2.45, 2.75) is 32.9 Å². The number of ether oxygens (including phenoxy) is 1. The molecule has 1 atom stereocenters. The van der Waals surface area contributed by atoms with Gasteiger partial charge in [-0.1, -0.05) is 0 Å². The van der Waals surface area contributed by atoms with E-state index < -0.39 is 0 Å². The molecule has 0 aliphatic heterocycles. The van der Waals surface area contributed by atoms with Crippen molar-refractivity contribution in [2.24, 2.45) is 0 Å². The Kier molecular flexibility index (Phi) is 3.84. The maximum absolute atomic E-state index is 5.62. The van der Waals surface area contributed by atoms with Crippen LogP contribution in [0, 0.1) is 0 Å². The first kappa shape index (κ1) is 13.1. The average molecular weight is 263 g/mol. The van der Waals surface area contributed by atoms with Crippen LogP contribution in [0.1, 0.15) is 32.6 Å². The van der Waals surface area contributed by atoms with Crippen molar-refractivity contribution in [3.63, 3.8) is 0 Å². The minimum Gasteiger partial charge on any atom is -0.467 e. The summed E-state index contributed by atoms with van der Waals surface area (Å²) in [7, 11) is 0. The highest BCUT2D eigenvalue weighted by molar-refractivity contribution is 5.34. The van der Waals surface area contributed by atoms with E-state index >= 15 is 0 Å². The molecule has 0 aliphatic carbocycles. The van der Waals surface area contributed by atoms with Gasteiger partial charge in [0.25, 0.3) is 0 Å². The van der Waals surface area contributed by atoms with Crippen LogP contribution in [0.15, 0.2) is 22.8 Å². The third-order valence-electron chi connectivity index (χ3n) is 2.29. The van der Waals surface area contributed by atoms with Crippen molar-refractivity contribution < 1.29 is 9.15 Å². The van der Waals surface area contributed by atoms with E-state index in [0.717, 1.165) is 5.76 Å². The molecule has 3 N–H and O–H groups in total. The van der Waals surface area contributed by atoms with Crippen LogP contribution in [0.5, 0.6) is 6.01 Å². The van der Waals surface area contributed by atoms with Gasteiger partial charge in [0, 0.05) is 0 Å². The highest BCUT2D eigenvalue weighted by Gasteiger charge is 2.12. The molecule has 0 spiro atoms. The van der Waals surface area contributed by atoms with Gasteiger partial charge in [-0.05, 0) is 32.9 Å².